The van der Waals surface area contributed by atoms with Crippen LogP contribution in [0.15, 0.2) is 42.5 Å². The molecule has 0 spiro atoms. The van der Waals surface area contributed by atoms with Crippen molar-refractivity contribution in [2.45, 2.75) is 19.2 Å². The van der Waals surface area contributed by atoms with Crippen LogP contribution >= 0.6 is 0 Å². The van der Waals surface area contributed by atoms with Crippen molar-refractivity contribution < 1.29 is 37.0 Å². The topological polar surface area (TPSA) is 61.8 Å². The summed E-state index contributed by atoms with van der Waals surface area (Å²) < 4.78 is 53.0. The molecule has 2 aromatic carbocycles. The van der Waals surface area contributed by atoms with E-state index in [9.17, 15) is 22.8 Å². The first kappa shape index (κ1) is 18.8. The molecule has 1 atom stereocenters. The molecule has 27 heavy (non-hydrogen) atoms. The highest BCUT2D eigenvalue weighted by Crippen LogP contribution is 2.33. The van der Waals surface area contributed by atoms with Crippen molar-refractivity contribution in [2.24, 2.45) is 5.92 Å². The van der Waals surface area contributed by atoms with Crippen molar-refractivity contribution in [3.8, 4) is 11.5 Å². The van der Waals surface area contributed by atoms with Gasteiger partial charge >= 0.3 is 18.1 Å². The molecule has 0 N–H and O–H groups in total. The van der Waals surface area contributed by atoms with Crippen LogP contribution in [0, 0.1) is 5.92 Å². The van der Waals surface area contributed by atoms with Gasteiger partial charge in [0.25, 0.3) is 0 Å². The maximum atomic E-state index is 12.6. The minimum atomic E-state index is -4.39. The van der Waals surface area contributed by atoms with E-state index in [4.69, 9.17) is 9.47 Å². The van der Waals surface area contributed by atoms with Crippen LogP contribution in [0.4, 0.5) is 13.2 Å². The van der Waals surface area contributed by atoms with E-state index in [1.54, 1.807) is 12.1 Å². The van der Waals surface area contributed by atoms with Crippen LogP contribution in [-0.2, 0) is 33.5 Å². The zero-order valence-corrected chi connectivity index (χ0v) is 14.2. The second-order valence-electron chi connectivity index (χ2n) is 5.95. The smallest absolute Gasteiger partial charge is 0.416 e. The standard InChI is InChI=1S/C19H15F3O5/c1-25-17(23)15-8-12-4-7-14(9-16(12)27-18(15)24)26-10-11-2-5-13(6-3-11)19(20,21)22/h2-7,9,15H,8,10H2,1H3. The lowest BCUT2D eigenvalue weighted by Gasteiger charge is -2.22. The summed E-state index contributed by atoms with van der Waals surface area (Å²) in [5.41, 5.74) is 0.488. The minimum absolute atomic E-state index is 0.0512. The summed E-state index contributed by atoms with van der Waals surface area (Å²) in [5, 5.41) is 0. The van der Waals surface area contributed by atoms with Gasteiger partial charge in [-0.25, -0.2) is 0 Å². The number of esters is 2. The minimum Gasteiger partial charge on any atom is -0.489 e. The zero-order chi connectivity index (χ0) is 19.6. The number of carbonyl (C=O) groups excluding carboxylic acids is 2. The Labute approximate surface area is 152 Å². The Balaban J connectivity index is 1.67. The van der Waals surface area contributed by atoms with Crippen LogP contribution in [0.5, 0.6) is 11.5 Å². The van der Waals surface area contributed by atoms with Crippen molar-refractivity contribution in [1.82, 2.24) is 0 Å². The van der Waals surface area contributed by atoms with E-state index < -0.39 is 29.6 Å². The van der Waals surface area contributed by atoms with Gasteiger partial charge in [-0.3, -0.25) is 9.59 Å². The third-order valence-electron chi connectivity index (χ3n) is 4.13. The average molecular weight is 380 g/mol. The van der Waals surface area contributed by atoms with Gasteiger partial charge in [-0.05, 0) is 29.3 Å². The molecule has 1 unspecified atom stereocenters. The predicted octanol–water partition coefficient (Wildman–Crippen LogP) is 3.54. The number of carbonyl (C=O) groups is 2. The van der Waals surface area contributed by atoms with Gasteiger partial charge in [-0.15, -0.1) is 0 Å². The molecule has 0 aromatic heterocycles. The molecular formula is C19H15F3O5. The van der Waals surface area contributed by atoms with Crippen molar-refractivity contribution in [1.29, 1.82) is 0 Å². The van der Waals surface area contributed by atoms with Gasteiger partial charge < -0.3 is 14.2 Å². The van der Waals surface area contributed by atoms with Gasteiger partial charge in [-0.1, -0.05) is 18.2 Å². The summed E-state index contributed by atoms with van der Waals surface area (Å²) in [4.78, 5) is 23.5. The summed E-state index contributed by atoms with van der Waals surface area (Å²) in [6, 6.07) is 9.45. The van der Waals surface area contributed by atoms with Gasteiger partial charge in [0.2, 0.25) is 0 Å². The van der Waals surface area contributed by atoms with Crippen LogP contribution < -0.4 is 9.47 Å². The summed E-state index contributed by atoms with van der Waals surface area (Å²) >= 11 is 0. The van der Waals surface area contributed by atoms with Gasteiger partial charge in [-0.2, -0.15) is 13.2 Å². The van der Waals surface area contributed by atoms with E-state index in [0.29, 0.717) is 16.9 Å². The number of hydrogen-bond acceptors (Lipinski definition) is 5. The largest absolute Gasteiger partial charge is 0.489 e. The van der Waals surface area contributed by atoms with E-state index in [1.165, 1.54) is 25.3 Å². The maximum absolute atomic E-state index is 12.6. The van der Waals surface area contributed by atoms with E-state index in [-0.39, 0.29) is 18.8 Å². The van der Waals surface area contributed by atoms with Crippen LogP contribution in [-0.4, -0.2) is 19.0 Å². The number of rotatable bonds is 4. The molecule has 0 fully saturated rings. The molecule has 3 rings (SSSR count). The zero-order valence-electron chi connectivity index (χ0n) is 14.2. The Morgan fingerprint density at radius 3 is 2.52 bits per heavy atom. The molecule has 0 bridgehead atoms. The van der Waals surface area contributed by atoms with Gasteiger partial charge in [0, 0.05) is 12.5 Å². The number of methoxy groups -OCH3 is 1. The molecule has 2 aromatic rings. The highest BCUT2D eigenvalue weighted by molar-refractivity contribution is 5.97. The first-order chi connectivity index (χ1) is 12.8. The molecule has 1 heterocycles. The highest BCUT2D eigenvalue weighted by Gasteiger charge is 2.35. The lowest BCUT2D eigenvalue weighted by molar-refractivity contribution is -0.156. The Kier molecular flexibility index (Phi) is 5.07. The predicted molar refractivity (Wildman–Crippen MR) is 87.1 cm³/mol. The summed E-state index contributed by atoms with van der Waals surface area (Å²) in [6.45, 7) is 0.0512. The second-order valence-corrected chi connectivity index (χ2v) is 5.95. The van der Waals surface area contributed by atoms with Crippen molar-refractivity contribution in [3.05, 3.63) is 59.2 Å². The number of alkyl halides is 3. The van der Waals surface area contributed by atoms with Gasteiger partial charge in [0.05, 0.1) is 12.7 Å². The first-order valence-corrected chi connectivity index (χ1v) is 7.99. The van der Waals surface area contributed by atoms with Gasteiger partial charge in [0.1, 0.15) is 18.1 Å². The fourth-order valence-corrected chi connectivity index (χ4v) is 2.65. The molecule has 8 heteroatoms. The summed E-state index contributed by atoms with van der Waals surface area (Å²) in [6.07, 6.45) is -4.22. The van der Waals surface area contributed by atoms with E-state index in [2.05, 4.69) is 4.74 Å². The number of benzene rings is 2. The highest BCUT2D eigenvalue weighted by atomic mass is 19.4. The molecule has 1 aliphatic rings. The monoisotopic (exact) mass is 380 g/mol. The third kappa shape index (κ3) is 4.21. The van der Waals surface area contributed by atoms with E-state index >= 15 is 0 Å². The molecule has 0 aliphatic carbocycles. The summed E-state index contributed by atoms with van der Waals surface area (Å²) in [5.74, 6) is -1.69. The lowest BCUT2D eigenvalue weighted by atomic mass is 9.96. The molecule has 142 valence electrons. The van der Waals surface area contributed by atoms with Crippen LogP contribution in [0.25, 0.3) is 0 Å². The molecule has 0 saturated carbocycles. The van der Waals surface area contributed by atoms with Crippen molar-refractivity contribution >= 4 is 11.9 Å². The second kappa shape index (κ2) is 7.30. The Bertz CT molecular complexity index is 859. The molecule has 0 saturated heterocycles. The Hall–Kier alpha value is -3.03. The molecule has 1 aliphatic heterocycles. The number of fused-ring (bicyclic) bond motifs is 1. The Morgan fingerprint density at radius 2 is 1.89 bits per heavy atom. The fraction of sp³-hybridized carbons (Fsp3) is 0.263. The van der Waals surface area contributed by atoms with Crippen LogP contribution in [0.1, 0.15) is 16.7 Å². The summed E-state index contributed by atoms with van der Waals surface area (Å²) in [7, 11) is 1.20. The SMILES string of the molecule is COC(=O)C1Cc2ccc(OCc3ccc(C(F)(F)F)cc3)cc2OC1=O. The third-order valence-corrected chi connectivity index (χ3v) is 4.13. The van der Waals surface area contributed by atoms with Crippen LogP contribution in [0.2, 0.25) is 0 Å². The number of ether oxygens (including phenoxy) is 3. The quantitative estimate of drug-likeness (QED) is 0.461. The number of halogens is 3. The normalized spacial score (nSPS) is 16.3. The molecule has 0 amide bonds. The van der Waals surface area contributed by atoms with Crippen molar-refractivity contribution in [2.75, 3.05) is 7.11 Å². The first-order valence-electron chi connectivity index (χ1n) is 7.99. The molecule has 0 radical (unpaired) electrons. The average Bonchev–Trinajstić information content (AvgIpc) is 2.64. The molecule has 5 nitrogen and oxygen atoms in total. The number of hydrogen-bond donors (Lipinski definition) is 0. The van der Waals surface area contributed by atoms with Crippen LogP contribution in [0.3, 0.4) is 0 Å². The Morgan fingerprint density at radius 1 is 1.19 bits per heavy atom. The van der Waals surface area contributed by atoms with E-state index in [0.717, 1.165) is 12.1 Å². The molecular weight excluding hydrogens is 365 g/mol. The van der Waals surface area contributed by atoms with Gasteiger partial charge in [0.15, 0.2) is 5.92 Å². The van der Waals surface area contributed by atoms with E-state index in [1.807, 2.05) is 0 Å². The van der Waals surface area contributed by atoms with Crippen molar-refractivity contribution in [3.63, 3.8) is 0 Å². The fourth-order valence-electron chi connectivity index (χ4n) is 2.65. The lowest BCUT2D eigenvalue weighted by Crippen LogP contribution is -2.34. The maximum Gasteiger partial charge on any atom is 0.416 e.